The first-order valence-corrected chi connectivity index (χ1v) is 7.59. The molecule has 1 heterocycles. The van der Waals surface area contributed by atoms with Gasteiger partial charge < -0.3 is 5.73 Å². The van der Waals surface area contributed by atoms with Gasteiger partial charge in [-0.1, -0.05) is 32.9 Å². The summed E-state index contributed by atoms with van der Waals surface area (Å²) in [7, 11) is 0. The largest absolute Gasteiger partial charge is 0.383 e. The summed E-state index contributed by atoms with van der Waals surface area (Å²) in [4.78, 5) is 0. The third kappa shape index (κ3) is 3.71. The van der Waals surface area contributed by atoms with Crippen molar-refractivity contribution in [3.8, 4) is 0 Å². The van der Waals surface area contributed by atoms with Crippen molar-refractivity contribution in [2.75, 3.05) is 5.73 Å². The number of anilines is 1. The van der Waals surface area contributed by atoms with E-state index in [9.17, 15) is 4.39 Å². The van der Waals surface area contributed by atoms with Crippen molar-refractivity contribution in [2.24, 2.45) is 5.41 Å². The lowest BCUT2D eigenvalue weighted by atomic mass is 9.91. The Kier molecular flexibility index (Phi) is 4.36. The van der Waals surface area contributed by atoms with Crippen molar-refractivity contribution in [1.29, 1.82) is 0 Å². The van der Waals surface area contributed by atoms with E-state index in [0.717, 1.165) is 21.2 Å². The molecule has 0 unspecified atom stereocenters. The van der Waals surface area contributed by atoms with Crippen LogP contribution in [-0.2, 0) is 13.0 Å². The van der Waals surface area contributed by atoms with Crippen molar-refractivity contribution in [2.45, 2.75) is 33.7 Å². The molecule has 0 aliphatic carbocycles. The summed E-state index contributed by atoms with van der Waals surface area (Å²) in [6.45, 7) is 7.10. The summed E-state index contributed by atoms with van der Waals surface area (Å²) in [5.74, 6) is 0.444. The van der Waals surface area contributed by atoms with Gasteiger partial charge in [0.2, 0.25) is 0 Å². The molecule has 0 saturated carbocycles. The van der Waals surface area contributed by atoms with Crippen molar-refractivity contribution in [3.05, 3.63) is 44.9 Å². The maximum absolute atomic E-state index is 12.9. The fraction of sp³-hybridized carbons (Fsp3) is 0.400. The molecule has 3 nitrogen and oxygen atoms in total. The summed E-state index contributed by atoms with van der Waals surface area (Å²) >= 11 is 2.25. The molecule has 2 N–H and O–H groups in total. The van der Waals surface area contributed by atoms with Gasteiger partial charge in [-0.25, -0.2) is 9.07 Å². The normalized spacial score (nSPS) is 11.8. The predicted octanol–water partition coefficient (Wildman–Crippen LogP) is 3.85. The first kappa shape index (κ1) is 15.3. The van der Waals surface area contributed by atoms with Gasteiger partial charge in [-0.3, -0.25) is 0 Å². The van der Waals surface area contributed by atoms with E-state index in [1.807, 2.05) is 0 Å². The summed E-state index contributed by atoms with van der Waals surface area (Å²) in [6.07, 6.45) is 0.881. The number of nitrogen functional groups attached to an aromatic ring is 1. The van der Waals surface area contributed by atoms with Gasteiger partial charge in [0, 0.05) is 0 Å². The van der Waals surface area contributed by atoms with Gasteiger partial charge in [0.25, 0.3) is 0 Å². The molecule has 0 aliphatic heterocycles. The molecule has 1 aromatic heterocycles. The lowest BCUT2D eigenvalue weighted by molar-refractivity contribution is 0.403. The van der Waals surface area contributed by atoms with Crippen molar-refractivity contribution in [1.82, 2.24) is 9.78 Å². The number of nitrogens with zero attached hydrogens (tertiary/aromatic N) is 2. The van der Waals surface area contributed by atoms with Gasteiger partial charge in [0.1, 0.15) is 11.6 Å². The van der Waals surface area contributed by atoms with Crippen LogP contribution in [0.5, 0.6) is 0 Å². The summed E-state index contributed by atoms with van der Waals surface area (Å²) in [5.41, 5.74) is 8.30. The summed E-state index contributed by atoms with van der Waals surface area (Å²) in [6, 6.07) is 6.42. The molecule has 2 aromatic rings. The Bertz CT molecular complexity index is 597. The number of halogens is 2. The van der Waals surface area contributed by atoms with Crippen LogP contribution in [-0.4, -0.2) is 9.78 Å². The van der Waals surface area contributed by atoms with Crippen molar-refractivity contribution < 1.29 is 4.39 Å². The molecule has 1 aromatic carbocycles. The molecule has 0 amide bonds. The van der Waals surface area contributed by atoms with E-state index in [1.165, 1.54) is 12.1 Å². The van der Waals surface area contributed by atoms with Crippen LogP contribution in [0.1, 0.15) is 32.0 Å². The Labute approximate surface area is 132 Å². The highest BCUT2D eigenvalue weighted by Crippen LogP contribution is 2.27. The smallest absolute Gasteiger partial charge is 0.135 e. The monoisotopic (exact) mass is 387 g/mol. The number of benzene rings is 1. The third-order valence-electron chi connectivity index (χ3n) is 2.94. The Morgan fingerprint density at radius 3 is 2.40 bits per heavy atom. The first-order chi connectivity index (χ1) is 9.26. The number of nitrogens with two attached hydrogens (primary N) is 1. The molecular formula is C15H19FIN3. The van der Waals surface area contributed by atoms with Crippen LogP contribution in [0.2, 0.25) is 0 Å². The maximum Gasteiger partial charge on any atom is 0.135 e. The zero-order valence-electron chi connectivity index (χ0n) is 12.0. The fourth-order valence-corrected chi connectivity index (χ4v) is 2.58. The van der Waals surface area contributed by atoms with E-state index < -0.39 is 0 Å². The lowest BCUT2D eigenvalue weighted by Crippen LogP contribution is -2.11. The Hall–Kier alpha value is -1.11. The molecule has 5 heteroatoms. The van der Waals surface area contributed by atoms with Gasteiger partial charge in [0.15, 0.2) is 0 Å². The molecule has 0 saturated heterocycles. The minimum atomic E-state index is -0.231. The van der Waals surface area contributed by atoms with Crippen LogP contribution in [0.15, 0.2) is 24.3 Å². The van der Waals surface area contributed by atoms with Crippen LogP contribution in [0.4, 0.5) is 10.2 Å². The minimum absolute atomic E-state index is 0.168. The molecule has 0 atom stereocenters. The zero-order valence-corrected chi connectivity index (χ0v) is 14.1. The van der Waals surface area contributed by atoms with Gasteiger partial charge in [-0.05, 0) is 52.1 Å². The minimum Gasteiger partial charge on any atom is -0.383 e. The second-order valence-corrected chi connectivity index (χ2v) is 7.25. The highest BCUT2D eigenvalue weighted by Gasteiger charge is 2.19. The highest BCUT2D eigenvalue weighted by molar-refractivity contribution is 14.1. The molecule has 108 valence electrons. The highest BCUT2D eigenvalue weighted by atomic mass is 127. The Balaban J connectivity index is 2.24. The second kappa shape index (κ2) is 5.71. The molecule has 0 bridgehead atoms. The van der Waals surface area contributed by atoms with Crippen LogP contribution in [0.3, 0.4) is 0 Å². The zero-order chi connectivity index (χ0) is 14.9. The van der Waals surface area contributed by atoms with E-state index in [-0.39, 0.29) is 11.2 Å². The molecule has 0 radical (unpaired) electrons. The standard InChI is InChI=1S/C15H19FIN3/c1-15(2,3)8-12-13(17)14(18)20(19-12)9-10-4-6-11(16)7-5-10/h4-7H,8-9,18H2,1-3H3. The maximum atomic E-state index is 12.9. The number of hydrogen-bond acceptors (Lipinski definition) is 2. The number of rotatable bonds is 3. The topological polar surface area (TPSA) is 43.8 Å². The number of aromatic nitrogens is 2. The summed E-state index contributed by atoms with van der Waals surface area (Å²) in [5, 5.41) is 4.60. The van der Waals surface area contributed by atoms with Gasteiger partial charge in [-0.2, -0.15) is 5.10 Å². The van der Waals surface area contributed by atoms with Crippen molar-refractivity contribution in [3.63, 3.8) is 0 Å². The lowest BCUT2D eigenvalue weighted by Gasteiger charge is -2.16. The average molecular weight is 387 g/mol. The second-order valence-electron chi connectivity index (χ2n) is 6.17. The first-order valence-electron chi connectivity index (χ1n) is 6.51. The molecule has 0 aliphatic rings. The molecular weight excluding hydrogens is 368 g/mol. The Morgan fingerprint density at radius 1 is 1.25 bits per heavy atom. The molecule has 0 fully saturated rings. The van der Waals surface area contributed by atoms with Crippen LogP contribution in [0.25, 0.3) is 0 Å². The van der Waals surface area contributed by atoms with Gasteiger partial charge in [-0.15, -0.1) is 0 Å². The van der Waals surface area contributed by atoms with Gasteiger partial charge in [0.05, 0.1) is 15.8 Å². The molecule has 0 spiro atoms. The van der Waals surface area contributed by atoms with E-state index in [0.29, 0.717) is 12.4 Å². The van der Waals surface area contributed by atoms with Crippen LogP contribution < -0.4 is 5.73 Å². The fourth-order valence-electron chi connectivity index (χ4n) is 2.00. The van der Waals surface area contributed by atoms with Gasteiger partial charge >= 0.3 is 0 Å². The quantitative estimate of drug-likeness (QED) is 0.814. The predicted molar refractivity (Wildman–Crippen MR) is 88.0 cm³/mol. The third-order valence-corrected chi connectivity index (χ3v) is 4.12. The van der Waals surface area contributed by atoms with E-state index >= 15 is 0 Å². The average Bonchev–Trinajstić information content (AvgIpc) is 2.59. The molecule has 2 rings (SSSR count). The van der Waals surface area contributed by atoms with E-state index in [1.54, 1.807) is 16.8 Å². The van der Waals surface area contributed by atoms with Crippen LogP contribution >= 0.6 is 22.6 Å². The van der Waals surface area contributed by atoms with Crippen molar-refractivity contribution >= 4 is 28.4 Å². The van der Waals surface area contributed by atoms with E-state index in [4.69, 9.17) is 5.73 Å². The van der Waals surface area contributed by atoms with E-state index in [2.05, 4.69) is 48.5 Å². The SMILES string of the molecule is CC(C)(C)Cc1nn(Cc2ccc(F)cc2)c(N)c1I. The van der Waals surface area contributed by atoms with Crippen LogP contribution in [0, 0.1) is 14.8 Å². The number of hydrogen-bond donors (Lipinski definition) is 1. The molecule has 20 heavy (non-hydrogen) atoms. The Morgan fingerprint density at radius 2 is 1.85 bits per heavy atom. The summed E-state index contributed by atoms with van der Waals surface area (Å²) < 4.78 is 15.7.